The molecule has 3 aromatic carbocycles. The van der Waals surface area contributed by atoms with Crippen LogP contribution in [0.4, 0.5) is 0 Å². The Morgan fingerprint density at radius 2 is 0.789 bits per heavy atom. The van der Waals surface area contributed by atoms with Crippen LogP contribution >= 0.6 is 0 Å². The molecule has 194 valence electrons. The molecule has 3 rings (SSSR count). The summed E-state index contributed by atoms with van der Waals surface area (Å²) in [6.07, 6.45) is 0. The van der Waals surface area contributed by atoms with Gasteiger partial charge in [-0.3, -0.25) is 9.59 Å². The van der Waals surface area contributed by atoms with Crippen LogP contribution in [-0.2, 0) is 9.47 Å². The average Bonchev–Trinajstić information content (AvgIpc) is 2.92. The summed E-state index contributed by atoms with van der Waals surface area (Å²) < 4.78 is 19.9. The molecule has 10 nitrogen and oxygen atoms in total. The number of carbonyl (C=O) groups excluding carboxylic acids is 6. The quantitative estimate of drug-likeness (QED) is 0.243. The first kappa shape index (κ1) is 27.5. The maximum atomic E-state index is 12.7. The summed E-state index contributed by atoms with van der Waals surface area (Å²) in [5.74, 6) is -3.88. The van der Waals surface area contributed by atoms with E-state index in [9.17, 15) is 28.8 Å². The predicted molar refractivity (Wildman–Crippen MR) is 132 cm³/mol. The monoisotopic (exact) mass is 518 g/mol. The molecule has 38 heavy (non-hydrogen) atoms. The molecule has 0 atom stereocenters. The van der Waals surface area contributed by atoms with Crippen molar-refractivity contribution >= 4 is 35.4 Å². The summed E-state index contributed by atoms with van der Waals surface area (Å²) in [5.41, 5.74) is 0.406. The summed E-state index contributed by atoms with van der Waals surface area (Å²) in [6, 6.07) is 13.1. The Morgan fingerprint density at radius 1 is 0.474 bits per heavy atom. The van der Waals surface area contributed by atoms with Crippen molar-refractivity contribution in [3.8, 4) is 11.5 Å². The van der Waals surface area contributed by atoms with E-state index in [-0.39, 0.29) is 44.9 Å². The van der Waals surface area contributed by atoms with Gasteiger partial charge in [-0.2, -0.15) is 0 Å². The first-order valence-corrected chi connectivity index (χ1v) is 11.1. The molecule has 0 N–H and O–H groups in total. The van der Waals surface area contributed by atoms with E-state index >= 15 is 0 Å². The smallest absolute Gasteiger partial charge is 0.343 e. The SMILES string of the molecule is COC(=O)c1ccc(OC(=O)c2ccc(C(=O)Oc3ccc(C(=O)OC)cc3C(C)=O)cc2)c(C(C)=O)c1. The van der Waals surface area contributed by atoms with Gasteiger partial charge in [0.1, 0.15) is 11.5 Å². The van der Waals surface area contributed by atoms with Crippen LogP contribution in [0.2, 0.25) is 0 Å². The summed E-state index contributed by atoms with van der Waals surface area (Å²) in [4.78, 5) is 72.8. The van der Waals surface area contributed by atoms with Crippen molar-refractivity contribution in [3.63, 3.8) is 0 Å². The number of hydrogen-bond acceptors (Lipinski definition) is 10. The van der Waals surface area contributed by atoms with Gasteiger partial charge in [0.05, 0.1) is 47.6 Å². The number of benzene rings is 3. The third kappa shape index (κ3) is 6.16. The van der Waals surface area contributed by atoms with E-state index in [0.717, 1.165) is 0 Å². The Labute approximate surface area is 217 Å². The number of carbonyl (C=O) groups is 6. The molecule has 0 spiro atoms. The van der Waals surface area contributed by atoms with Gasteiger partial charge in [0, 0.05) is 0 Å². The molecule has 0 fully saturated rings. The normalized spacial score (nSPS) is 10.2. The second kappa shape index (κ2) is 11.7. The summed E-state index contributed by atoms with van der Waals surface area (Å²) >= 11 is 0. The minimum Gasteiger partial charge on any atom is -0.465 e. The second-order valence-electron chi connectivity index (χ2n) is 7.87. The van der Waals surface area contributed by atoms with Crippen LogP contribution in [0.3, 0.4) is 0 Å². The molecule has 0 aliphatic rings. The molecule has 0 aromatic heterocycles. The van der Waals surface area contributed by atoms with Gasteiger partial charge in [0.2, 0.25) is 0 Å². The molecule has 0 heterocycles. The van der Waals surface area contributed by atoms with E-state index in [0.29, 0.717) is 0 Å². The highest BCUT2D eigenvalue weighted by molar-refractivity contribution is 6.03. The van der Waals surface area contributed by atoms with E-state index in [1.54, 1.807) is 0 Å². The molecule has 10 heteroatoms. The van der Waals surface area contributed by atoms with Crippen LogP contribution < -0.4 is 9.47 Å². The molecule has 0 radical (unpaired) electrons. The number of ketones is 2. The van der Waals surface area contributed by atoms with Crippen molar-refractivity contribution in [2.24, 2.45) is 0 Å². The largest absolute Gasteiger partial charge is 0.465 e. The zero-order chi connectivity index (χ0) is 28.0. The summed E-state index contributed by atoms with van der Waals surface area (Å²) in [6.45, 7) is 2.52. The van der Waals surface area contributed by atoms with Gasteiger partial charge in [-0.05, 0) is 74.5 Å². The molecule has 3 aromatic rings. The summed E-state index contributed by atoms with van der Waals surface area (Å²) in [7, 11) is 2.40. The Kier molecular flexibility index (Phi) is 8.49. The highest BCUT2D eigenvalue weighted by atomic mass is 16.5. The molecule has 0 saturated carbocycles. The number of rotatable bonds is 8. The van der Waals surface area contributed by atoms with Crippen molar-refractivity contribution in [2.45, 2.75) is 13.8 Å². The minimum absolute atomic E-state index is 0.0148. The third-order valence-electron chi connectivity index (χ3n) is 5.32. The number of esters is 4. The molecule has 0 amide bonds. The second-order valence-corrected chi connectivity index (χ2v) is 7.87. The van der Waals surface area contributed by atoms with E-state index < -0.39 is 35.4 Å². The van der Waals surface area contributed by atoms with Crippen molar-refractivity contribution < 1.29 is 47.7 Å². The van der Waals surface area contributed by atoms with E-state index in [1.807, 2.05) is 0 Å². The number of ether oxygens (including phenoxy) is 4. The van der Waals surface area contributed by atoms with Gasteiger partial charge < -0.3 is 18.9 Å². The lowest BCUT2D eigenvalue weighted by Gasteiger charge is -2.11. The standard InChI is InChI=1S/C28H22O10/c1-15(29)21-13-19(25(31)35-3)9-11-23(21)37-27(33)17-5-7-18(8-6-17)28(34)38-24-12-10-20(26(32)36-4)14-22(24)16(2)30/h5-14H,1-4H3. The van der Waals surface area contributed by atoms with E-state index in [1.165, 1.54) is 88.7 Å². The number of methoxy groups -OCH3 is 2. The van der Waals surface area contributed by atoms with Gasteiger partial charge in [0.25, 0.3) is 0 Å². The van der Waals surface area contributed by atoms with Crippen LogP contribution in [0.15, 0.2) is 60.7 Å². The highest BCUT2D eigenvalue weighted by Gasteiger charge is 2.20. The van der Waals surface area contributed by atoms with E-state index in [2.05, 4.69) is 9.47 Å². The van der Waals surface area contributed by atoms with Gasteiger partial charge in [-0.15, -0.1) is 0 Å². The predicted octanol–water partition coefficient (Wildman–Crippen LogP) is 4.10. The molecule has 0 unspecified atom stereocenters. The first-order valence-electron chi connectivity index (χ1n) is 11.1. The minimum atomic E-state index is -0.810. The average molecular weight is 518 g/mol. The van der Waals surface area contributed by atoms with Crippen LogP contribution in [0.1, 0.15) is 76.0 Å². The Morgan fingerprint density at radius 3 is 1.08 bits per heavy atom. The molecular weight excluding hydrogens is 496 g/mol. The van der Waals surface area contributed by atoms with Crippen LogP contribution in [0.25, 0.3) is 0 Å². The van der Waals surface area contributed by atoms with Gasteiger partial charge in [-0.1, -0.05) is 0 Å². The maximum absolute atomic E-state index is 12.7. The molecule has 0 bridgehead atoms. The first-order chi connectivity index (χ1) is 18.0. The molecule has 0 saturated heterocycles. The molecular formula is C28H22O10. The van der Waals surface area contributed by atoms with E-state index in [4.69, 9.17) is 9.47 Å². The third-order valence-corrected chi connectivity index (χ3v) is 5.32. The van der Waals surface area contributed by atoms with Crippen LogP contribution in [0.5, 0.6) is 11.5 Å². The zero-order valence-electron chi connectivity index (χ0n) is 20.9. The fourth-order valence-electron chi connectivity index (χ4n) is 3.34. The fraction of sp³-hybridized carbons (Fsp3) is 0.143. The van der Waals surface area contributed by atoms with Crippen molar-refractivity contribution in [3.05, 3.63) is 94.0 Å². The Balaban J connectivity index is 1.77. The summed E-state index contributed by atoms with van der Waals surface area (Å²) in [5, 5.41) is 0. The highest BCUT2D eigenvalue weighted by Crippen LogP contribution is 2.24. The topological polar surface area (TPSA) is 139 Å². The fourth-order valence-corrected chi connectivity index (χ4v) is 3.34. The van der Waals surface area contributed by atoms with Crippen molar-refractivity contribution in [1.29, 1.82) is 0 Å². The zero-order valence-corrected chi connectivity index (χ0v) is 20.9. The van der Waals surface area contributed by atoms with Crippen molar-refractivity contribution in [2.75, 3.05) is 14.2 Å². The van der Waals surface area contributed by atoms with Crippen LogP contribution in [0, 0.1) is 0 Å². The van der Waals surface area contributed by atoms with Gasteiger partial charge in [-0.25, -0.2) is 19.2 Å². The van der Waals surface area contributed by atoms with Gasteiger partial charge in [0.15, 0.2) is 11.6 Å². The number of hydrogen-bond donors (Lipinski definition) is 0. The lowest BCUT2D eigenvalue weighted by atomic mass is 10.1. The van der Waals surface area contributed by atoms with Crippen LogP contribution in [-0.4, -0.2) is 49.7 Å². The molecule has 0 aliphatic carbocycles. The van der Waals surface area contributed by atoms with Gasteiger partial charge >= 0.3 is 23.9 Å². The molecule has 0 aliphatic heterocycles. The number of Topliss-reactive ketones (excluding diaryl/α,β-unsaturated/α-hetero) is 2. The van der Waals surface area contributed by atoms with Crippen molar-refractivity contribution in [1.82, 2.24) is 0 Å². The lowest BCUT2D eigenvalue weighted by Crippen LogP contribution is -2.14. The lowest BCUT2D eigenvalue weighted by molar-refractivity contribution is 0.0591. The Hall–Kier alpha value is -5.12. The Bertz CT molecular complexity index is 1340. The maximum Gasteiger partial charge on any atom is 0.343 e.